The Morgan fingerprint density at radius 2 is 1.69 bits per heavy atom. The minimum atomic E-state index is 0.304. The minimum Gasteiger partial charge on any atom is -0.454 e. The zero-order chi connectivity index (χ0) is 17.5. The molecular formula is C23H23NO2. The van der Waals surface area contributed by atoms with Crippen LogP contribution in [0.25, 0.3) is 11.3 Å². The van der Waals surface area contributed by atoms with E-state index in [4.69, 9.17) is 9.47 Å². The monoisotopic (exact) mass is 345 g/mol. The predicted molar refractivity (Wildman–Crippen MR) is 103 cm³/mol. The molecule has 0 N–H and O–H groups in total. The van der Waals surface area contributed by atoms with Crippen LogP contribution in [0.4, 0.5) is 0 Å². The molecule has 2 aliphatic rings. The van der Waals surface area contributed by atoms with Crippen LogP contribution in [0.15, 0.2) is 54.6 Å². The first-order valence-corrected chi connectivity index (χ1v) is 9.49. The lowest BCUT2D eigenvalue weighted by molar-refractivity contribution is 0.174. The van der Waals surface area contributed by atoms with Crippen molar-refractivity contribution < 1.29 is 9.47 Å². The van der Waals surface area contributed by atoms with Crippen molar-refractivity contribution in [2.45, 2.75) is 38.6 Å². The molecule has 1 aliphatic heterocycles. The van der Waals surface area contributed by atoms with E-state index < -0.39 is 0 Å². The number of rotatable bonds is 3. The summed E-state index contributed by atoms with van der Waals surface area (Å²) in [6, 6.07) is 19.8. The Hall–Kier alpha value is -2.68. The van der Waals surface area contributed by atoms with Crippen LogP contribution in [0.1, 0.15) is 42.6 Å². The first-order valence-electron chi connectivity index (χ1n) is 9.49. The maximum absolute atomic E-state index is 5.62. The lowest BCUT2D eigenvalue weighted by Gasteiger charge is -2.23. The molecule has 2 aromatic carbocycles. The van der Waals surface area contributed by atoms with E-state index in [1.807, 2.05) is 6.07 Å². The summed E-state index contributed by atoms with van der Waals surface area (Å²) < 4.78 is 13.6. The van der Waals surface area contributed by atoms with Crippen LogP contribution in [0.5, 0.6) is 11.5 Å². The summed E-state index contributed by atoms with van der Waals surface area (Å²) in [5.74, 6) is 1.69. The number of benzene rings is 2. The van der Waals surface area contributed by atoms with Gasteiger partial charge in [-0.2, -0.15) is 0 Å². The zero-order valence-electron chi connectivity index (χ0n) is 15.1. The van der Waals surface area contributed by atoms with Crippen molar-refractivity contribution in [1.29, 1.82) is 0 Å². The maximum Gasteiger partial charge on any atom is 0.231 e. The Balaban J connectivity index is 1.66. The summed E-state index contributed by atoms with van der Waals surface area (Å²) in [5, 5.41) is 0. The van der Waals surface area contributed by atoms with Gasteiger partial charge in [-0.1, -0.05) is 30.3 Å². The molecule has 0 bridgehead atoms. The zero-order valence-corrected chi connectivity index (χ0v) is 15.1. The number of fused-ring (bicyclic) bond motifs is 2. The van der Waals surface area contributed by atoms with Gasteiger partial charge in [0, 0.05) is 17.0 Å². The fourth-order valence-corrected chi connectivity index (χ4v) is 4.32. The Morgan fingerprint density at radius 3 is 2.58 bits per heavy atom. The third-order valence-electron chi connectivity index (χ3n) is 5.68. The molecule has 0 spiro atoms. The van der Waals surface area contributed by atoms with Crippen LogP contribution in [0.2, 0.25) is 0 Å². The predicted octanol–water partition coefficient (Wildman–Crippen LogP) is 5.37. The molecule has 0 fully saturated rings. The largest absolute Gasteiger partial charge is 0.454 e. The number of nitrogens with zero attached hydrogens (tertiary/aromatic N) is 1. The van der Waals surface area contributed by atoms with Gasteiger partial charge < -0.3 is 14.0 Å². The van der Waals surface area contributed by atoms with Crippen LogP contribution in [-0.4, -0.2) is 11.4 Å². The van der Waals surface area contributed by atoms with E-state index in [0.29, 0.717) is 12.8 Å². The first-order chi connectivity index (χ1) is 12.8. The lowest BCUT2D eigenvalue weighted by Crippen LogP contribution is -2.14. The second-order valence-corrected chi connectivity index (χ2v) is 7.23. The SMILES string of the molecule is CC(c1ccccc1)n1c(-c2ccc3c(c2)OCO3)cc2c1CCCC2. The molecule has 0 saturated heterocycles. The van der Waals surface area contributed by atoms with Crippen molar-refractivity contribution >= 4 is 0 Å². The van der Waals surface area contributed by atoms with Crippen LogP contribution < -0.4 is 9.47 Å². The number of aromatic nitrogens is 1. The second-order valence-electron chi connectivity index (χ2n) is 7.23. The van der Waals surface area contributed by atoms with E-state index >= 15 is 0 Å². The smallest absolute Gasteiger partial charge is 0.231 e. The molecule has 1 aliphatic carbocycles. The van der Waals surface area contributed by atoms with Crippen LogP contribution in [0, 0.1) is 0 Å². The quantitative estimate of drug-likeness (QED) is 0.637. The highest BCUT2D eigenvalue weighted by Gasteiger charge is 2.24. The van der Waals surface area contributed by atoms with E-state index in [1.165, 1.54) is 47.3 Å². The van der Waals surface area contributed by atoms with E-state index in [9.17, 15) is 0 Å². The van der Waals surface area contributed by atoms with E-state index in [1.54, 1.807) is 0 Å². The van der Waals surface area contributed by atoms with Gasteiger partial charge in [-0.15, -0.1) is 0 Å². The van der Waals surface area contributed by atoms with Gasteiger partial charge >= 0.3 is 0 Å². The lowest BCUT2D eigenvalue weighted by atomic mass is 9.97. The van der Waals surface area contributed by atoms with Gasteiger partial charge in [-0.05, 0) is 68.0 Å². The third-order valence-corrected chi connectivity index (χ3v) is 5.68. The number of ether oxygens (including phenoxy) is 2. The standard InChI is InChI=1S/C23H23NO2/c1-16(17-7-3-2-4-8-17)24-20-10-6-5-9-18(20)13-21(24)19-11-12-22-23(14-19)26-15-25-22/h2-4,7-8,11-14,16H,5-6,9-10,15H2,1H3. The molecule has 132 valence electrons. The minimum absolute atomic E-state index is 0.304. The van der Waals surface area contributed by atoms with E-state index in [-0.39, 0.29) is 0 Å². The van der Waals surface area contributed by atoms with E-state index in [0.717, 1.165) is 17.9 Å². The summed E-state index contributed by atoms with van der Waals surface area (Å²) in [5.41, 5.74) is 6.84. The van der Waals surface area contributed by atoms with Gasteiger partial charge in [-0.3, -0.25) is 0 Å². The molecule has 3 nitrogen and oxygen atoms in total. The molecule has 3 heteroatoms. The highest BCUT2D eigenvalue weighted by Crippen LogP contribution is 2.40. The summed E-state index contributed by atoms with van der Waals surface area (Å²) in [6.07, 6.45) is 4.91. The molecular weight excluding hydrogens is 322 g/mol. The van der Waals surface area contributed by atoms with Crippen LogP contribution in [-0.2, 0) is 12.8 Å². The Kier molecular flexibility index (Phi) is 3.74. The summed E-state index contributed by atoms with van der Waals surface area (Å²) in [6.45, 7) is 2.62. The van der Waals surface area contributed by atoms with Gasteiger partial charge in [0.1, 0.15) is 0 Å². The van der Waals surface area contributed by atoms with Gasteiger partial charge in [0.25, 0.3) is 0 Å². The topological polar surface area (TPSA) is 23.4 Å². The highest BCUT2D eigenvalue weighted by molar-refractivity contribution is 5.67. The average Bonchev–Trinajstić information content (AvgIpc) is 3.31. The van der Waals surface area contributed by atoms with Crippen LogP contribution in [0.3, 0.4) is 0 Å². The molecule has 26 heavy (non-hydrogen) atoms. The number of hydrogen-bond acceptors (Lipinski definition) is 2. The normalized spacial score (nSPS) is 16.3. The van der Waals surface area contributed by atoms with Gasteiger partial charge in [0.2, 0.25) is 6.79 Å². The fraction of sp³-hybridized carbons (Fsp3) is 0.304. The molecule has 3 aromatic rings. The average molecular weight is 345 g/mol. The molecule has 1 unspecified atom stereocenters. The summed E-state index contributed by atoms with van der Waals surface area (Å²) >= 11 is 0. The Bertz CT molecular complexity index is 942. The molecule has 1 aromatic heterocycles. The highest BCUT2D eigenvalue weighted by atomic mass is 16.7. The molecule has 0 saturated carbocycles. The van der Waals surface area contributed by atoms with Crippen molar-refractivity contribution in [1.82, 2.24) is 4.57 Å². The van der Waals surface area contributed by atoms with Crippen molar-refractivity contribution in [2.75, 3.05) is 6.79 Å². The number of hydrogen-bond donors (Lipinski definition) is 0. The molecule has 2 heterocycles. The Labute approximate surface area is 154 Å². The van der Waals surface area contributed by atoms with Crippen LogP contribution >= 0.6 is 0 Å². The van der Waals surface area contributed by atoms with Gasteiger partial charge in [0.05, 0.1) is 6.04 Å². The molecule has 5 rings (SSSR count). The summed E-state index contributed by atoms with van der Waals surface area (Å²) in [4.78, 5) is 0. The maximum atomic E-state index is 5.62. The van der Waals surface area contributed by atoms with Crippen molar-refractivity contribution in [2.24, 2.45) is 0 Å². The number of aryl methyl sites for hydroxylation is 1. The van der Waals surface area contributed by atoms with Crippen molar-refractivity contribution in [3.05, 3.63) is 71.4 Å². The fourth-order valence-electron chi connectivity index (χ4n) is 4.32. The second kappa shape index (κ2) is 6.24. The molecule has 0 radical (unpaired) electrons. The third kappa shape index (κ3) is 2.50. The summed E-state index contributed by atoms with van der Waals surface area (Å²) in [7, 11) is 0. The Morgan fingerprint density at radius 1 is 0.885 bits per heavy atom. The molecule has 0 amide bonds. The van der Waals surface area contributed by atoms with E-state index in [2.05, 4.69) is 60.0 Å². The van der Waals surface area contributed by atoms with Crippen molar-refractivity contribution in [3.63, 3.8) is 0 Å². The molecule has 1 atom stereocenters. The first kappa shape index (κ1) is 15.6. The van der Waals surface area contributed by atoms with Gasteiger partial charge in [0.15, 0.2) is 11.5 Å². The van der Waals surface area contributed by atoms with Gasteiger partial charge in [-0.25, -0.2) is 0 Å². The van der Waals surface area contributed by atoms with Crippen molar-refractivity contribution in [3.8, 4) is 22.8 Å².